The van der Waals surface area contributed by atoms with Crippen molar-refractivity contribution in [2.24, 2.45) is 0 Å². The monoisotopic (exact) mass is 485 g/mol. The van der Waals surface area contributed by atoms with E-state index in [1.54, 1.807) is 36.4 Å². The van der Waals surface area contributed by atoms with Crippen molar-refractivity contribution < 1.29 is 18.8 Å². The Morgan fingerprint density at radius 2 is 1.54 bits per heavy atom. The molecule has 1 unspecified atom stereocenters. The summed E-state index contributed by atoms with van der Waals surface area (Å²) in [7, 11) is 0. The molecule has 1 aliphatic heterocycles. The van der Waals surface area contributed by atoms with Crippen LogP contribution in [-0.2, 0) is 11.2 Å². The summed E-state index contributed by atoms with van der Waals surface area (Å²) < 4.78 is 13.3. The van der Waals surface area contributed by atoms with Crippen LogP contribution in [0.2, 0.25) is 0 Å². The number of hydrogen-bond donors (Lipinski definition) is 1. The number of halogens is 1. The van der Waals surface area contributed by atoms with Crippen LogP contribution in [0.25, 0.3) is 11.3 Å². The maximum absolute atomic E-state index is 13.5. The summed E-state index contributed by atoms with van der Waals surface area (Å²) in [6.45, 7) is 1.86. The first-order valence-corrected chi connectivity index (χ1v) is 11.8. The molecule has 5 rings (SSSR count). The summed E-state index contributed by atoms with van der Waals surface area (Å²) in [4.78, 5) is 46.2. The van der Waals surface area contributed by atoms with E-state index in [9.17, 15) is 18.8 Å². The highest BCUT2D eigenvalue weighted by Crippen LogP contribution is 2.32. The van der Waals surface area contributed by atoms with Gasteiger partial charge in [-0.2, -0.15) is 0 Å². The molecule has 35 heavy (non-hydrogen) atoms. The molecule has 6 nitrogen and oxygen atoms in total. The van der Waals surface area contributed by atoms with Crippen LogP contribution in [0.3, 0.4) is 0 Å². The molecule has 0 bridgehead atoms. The van der Waals surface area contributed by atoms with Gasteiger partial charge < -0.3 is 5.32 Å². The molecular weight excluding hydrogens is 465 g/mol. The Balaban J connectivity index is 1.45. The Morgan fingerprint density at radius 1 is 0.943 bits per heavy atom. The van der Waals surface area contributed by atoms with Crippen LogP contribution in [0.15, 0.2) is 78.9 Å². The maximum Gasteiger partial charge on any atom is 0.262 e. The molecular formula is C27H20FN3O3S. The van der Waals surface area contributed by atoms with Crippen molar-refractivity contribution in [2.75, 3.05) is 5.32 Å². The van der Waals surface area contributed by atoms with Gasteiger partial charge in [-0.1, -0.05) is 42.5 Å². The summed E-state index contributed by atoms with van der Waals surface area (Å²) in [5.41, 5.74) is 2.73. The fraction of sp³-hybridized carbons (Fsp3) is 0.111. The van der Waals surface area contributed by atoms with Gasteiger partial charge in [0.15, 0.2) is 5.13 Å². The number of nitrogens with zero attached hydrogens (tertiary/aromatic N) is 2. The van der Waals surface area contributed by atoms with Gasteiger partial charge in [0.2, 0.25) is 5.91 Å². The molecule has 2 heterocycles. The third-order valence-electron chi connectivity index (χ3n) is 5.86. The van der Waals surface area contributed by atoms with Gasteiger partial charge in [0.25, 0.3) is 11.8 Å². The van der Waals surface area contributed by atoms with E-state index >= 15 is 0 Å². The van der Waals surface area contributed by atoms with Gasteiger partial charge in [0, 0.05) is 16.9 Å². The Labute approximate surface area is 205 Å². The van der Waals surface area contributed by atoms with Crippen molar-refractivity contribution >= 4 is 34.2 Å². The van der Waals surface area contributed by atoms with Gasteiger partial charge in [0.05, 0.1) is 16.8 Å². The molecule has 4 aromatic rings. The highest BCUT2D eigenvalue weighted by Gasteiger charge is 2.42. The molecule has 1 atom stereocenters. The first kappa shape index (κ1) is 22.6. The van der Waals surface area contributed by atoms with Crippen molar-refractivity contribution in [1.82, 2.24) is 9.88 Å². The minimum absolute atomic E-state index is 0.160. The molecule has 1 aliphatic rings. The topological polar surface area (TPSA) is 79.4 Å². The van der Waals surface area contributed by atoms with Crippen molar-refractivity contribution in [3.8, 4) is 11.3 Å². The minimum atomic E-state index is -1.07. The molecule has 1 N–H and O–H groups in total. The van der Waals surface area contributed by atoms with Crippen molar-refractivity contribution in [1.29, 1.82) is 0 Å². The zero-order chi connectivity index (χ0) is 24.5. The predicted octanol–water partition coefficient (Wildman–Crippen LogP) is 5.10. The molecule has 174 valence electrons. The smallest absolute Gasteiger partial charge is 0.262 e. The molecule has 3 amide bonds. The van der Waals surface area contributed by atoms with Crippen LogP contribution >= 0.6 is 11.3 Å². The second-order valence-corrected chi connectivity index (χ2v) is 9.35. The molecule has 8 heteroatoms. The normalized spacial score (nSPS) is 13.6. The number of aryl methyl sites for hydroxylation is 1. The van der Waals surface area contributed by atoms with Crippen molar-refractivity contribution in [3.05, 3.63) is 106 Å². The zero-order valence-electron chi connectivity index (χ0n) is 18.7. The van der Waals surface area contributed by atoms with Crippen LogP contribution < -0.4 is 5.32 Å². The van der Waals surface area contributed by atoms with E-state index in [0.717, 1.165) is 20.9 Å². The lowest BCUT2D eigenvalue weighted by Gasteiger charge is -2.25. The first-order chi connectivity index (χ1) is 16.9. The number of carbonyl (C=O) groups excluding carboxylic acids is 3. The average molecular weight is 486 g/mol. The van der Waals surface area contributed by atoms with E-state index in [-0.39, 0.29) is 23.4 Å². The third kappa shape index (κ3) is 4.36. The van der Waals surface area contributed by atoms with E-state index in [4.69, 9.17) is 0 Å². The molecule has 0 spiro atoms. The van der Waals surface area contributed by atoms with E-state index in [1.807, 2.05) is 37.3 Å². The maximum atomic E-state index is 13.5. The van der Waals surface area contributed by atoms with Crippen LogP contribution in [0.1, 0.15) is 31.2 Å². The molecule has 0 aliphatic carbocycles. The second kappa shape index (κ2) is 9.23. The average Bonchev–Trinajstić information content (AvgIpc) is 3.35. The third-order valence-corrected chi connectivity index (χ3v) is 6.74. The van der Waals surface area contributed by atoms with E-state index in [2.05, 4.69) is 10.3 Å². The lowest BCUT2D eigenvalue weighted by molar-refractivity contribution is -0.119. The second-order valence-electron chi connectivity index (χ2n) is 8.15. The molecule has 0 radical (unpaired) electrons. The van der Waals surface area contributed by atoms with E-state index in [1.165, 1.54) is 23.5 Å². The van der Waals surface area contributed by atoms with E-state index < -0.39 is 23.8 Å². The Bertz CT molecular complexity index is 1400. The number of nitrogens with one attached hydrogen (secondary N) is 1. The summed E-state index contributed by atoms with van der Waals surface area (Å²) >= 11 is 1.27. The van der Waals surface area contributed by atoms with E-state index in [0.29, 0.717) is 10.8 Å². The lowest BCUT2D eigenvalue weighted by Crippen LogP contribution is -2.48. The summed E-state index contributed by atoms with van der Waals surface area (Å²) in [6, 6.07) is 20.7. The molecule has 1 aromatic heterocycles. The first-order valence-electron chi connectivity index (χ1n) is 11.0. The summed E-state index contributed by atoms with van der Waals surface area (Å²) in [5.74, 6) is -1.85. The highest BCUT2D eigenvalue weighted by atomic mass is 32.1. The number of carbonyl (C=O) groups is 3. The predicted molar refractivity (Wildman–Crippen MR) is 132 cm³/mol. The number of rotatable bonds is 6. The van der Waals surface area contributed by atoms with Gasteiger partial charge in [-0.25, -0.2) is 9.37 Å². The highest BCUT2D eigenvalue weighted by molar-refractivity contribution is 7.16. The fourth-order valence-electron chi connectivity index (χ4n) is 4.14. The summed E-state index contributed by atoms with van der Waals surface area (Å²) in [6.07, 6.45) is 0.160. The van der Waals surface area contributed by atoms with Crippen LogP contribution in [0, 0.1) is 12.7 Å². The Morgan fingerprint density at radius 3 is 2.17 bits per heavy atom. The Kier molecular flexibility index (Phi) is 5.96. The SMILES string of the molecule is Cc1sc(NC(=O)C(Cc2ccccc2)N2C(=O)c3ccccc3C2=O)nc1-c1ccc(F)cc1. The van der Waals surface area contributed by atoms with Gasteiger partial charge >= 0.3 is 0 Å². The lowest BCUT2D eigenvalue weighted by atomic mass is 10.0. The number of thiazole rings is 1. The number of imide groups is 1. The number of benzene rings is 3. The van der Waals surface area contributed by atoms with Gasteiger partial charge in [0.1, 0.15) is 11.9 Å². The zero-order valence-corrected chi connectivity index (χ0v) is 19.5. The molecule has 0 saturated carbocycles. The molecule has 0 saturated heterocycles. The summed E-state index contributed by atoms with van der Waals surface area (Å²) in [5, 5.41) is 3.13. The van der Waals surface area contributed by atoms with Crippen LogP contribution in [0.4, 0.5) is 9.52 Å². The fourth-order valence-corrected chi connectivity index (χ4v) is 4.98. The standard InChI is InChI=1S/C27H20FN3O3S/c1-16-23(18-11-13-19(28)14-12-18)29-27(35-16)30-24(32)22(15-17-7-3-2-4-8-17)31-25(33)20-9-5-6-10-21(20)26(31)34/h2-14,22H,15H2,1H3,(H,29,30,32). The van der Waals surface area contributed by atoms with Gasteiger partial charge in [-0.3, -0.25) is 19.3 Å². The van der Waals surface area contributed by atoms with Crippen LogP contribution in [-0.4, -0.2) is 33.6 Å². The number of fused-ring (bicyclic) bond motifs is 1. The van der Waals surface area contributed by atoms with Gasteiger partial charge in [-0.05, 0) is 48.9 Å². The van der Waals surface area contributed by atoms with Crippen molar-refractivity contribution in [3.63, 3.8) is 0 Å². The Hall–Kier alpha value is -4.17. The number of aromatic nitrogens is 1. The van der Waals surface area contributed by atoms with Gasteiger partial charge in [-0.15, -0.1) is 11.3 Å². The van der Waals surface area contributed by atoms with Crippen LogP contribution in [0.5, 0.6) is 0 Å². The largest absolute Gasteiger partial charge is 0.300 e. The quantitative estimate of drug-likeness (QED) is 0.385. The number of hydrogen-bond acceptors (Lipinski definition) is 5. The number of amides is 3. The molecule has 3 aromatic carbocycles. The van der Waals surface area contributed by atoms with Crippen molar-refractivity contribution in [2.45, 2.75) is 19.4 Å². The molecule has 0 fully saturated rings. The number of anilines is 1. The minimum Gasteiger partial charge on any atom is -0.300 e.